The van der Waals surface area contributed by atoms with Crippen LogP contribution in [0.15, 0.2) is 0 Å². The third-order valence-corrected chi connectivity index (χ3v) is 3.40. The van der Waals surface area contributed by atoms with E-state index in [1.54, 1.807) is 0 Å². The van der Waals surface area contributed by atoms with Gasteiger partial charge in [-0.15, -0.1) is 0 Å². The molecule has 4 heteroatoms. The average Bonchev–Trinajstić information content (AvgIpc) is 2.16. The second-order valence-electron chi connectivity index (χ2n) is 4.31. The minimum atomic E-state index is -0.139. The van der Waals surface area contributed by atoms with Gasteiger partial charge in [0.25, 0.3) is 0 Å². The predicted octanol–water partition coefficient (Wildman–Crippen LogP) is 1.31. The van der Waals surface area contributed by atoms with Crippen molar-refractivity contribution >= 4 is 6.09 Å². The zero-order valence-electron chi connectivity index (χ0n) is 9.45. The molecule has 0 radical (unpaired) electrons. The molecular weight excluding hydrogens is 192 g/mol. The Kier molecular flexibility index (Phi) is 3.46. The van der Waals surface area contributed by atoms with Crippen molar-refractivity contribution in [1.82, 2.24) is 9.80 Å². The van der Waals surface area contributed by atoms with Crippen molar-refractivity contribution in [3.63, 3.8) is 0 Å². The molecule has 0 aromatic rings. The first-order chi connectivity index (χ1) is 7.31. The van der Waals surface area contributed by atoms with E-state index in [1.165, 1.54) is 19.5 Å². The lowest BCUT2D eigenvalue weighted by atomic mass is 10.00. The lowest BCUT2D eigenvalue weighted by Gasteiger charge is -2.42. The fourth-order valence-electron chi connectivity index (χ4n) is 2.33. The molecule has 1 amide bonds. The molecule has 0 aromatic heterocycles. The Hall–Kier alpha value is -0.770. The van der Waals surface area contributed by atoms with E-state index in [0.717, 1.165) is 25.9 Å². The smallest absolute Gasteiger partial charge is 0.409 e. The molecule has 0 bridgehead atoms. The third-order valence-electron chi connectivity index (χ3n) is 3.40. The summed E-state index contributed by atoms with van der Waals surface area (Å²) in [6.45, 7) is 6.56. The molecule has 2 rings (SSSR count). The number of nitrogens with zero attached hydrogens (tertiary/aromatic N) is 2. The van der Waals surface area contributed by atoms with E-state index in [4.69, 9.17) is 4.74 Å². The van der Waals surface area contributed by atoms with Crippen LogP contribution in [0.25, 0.3) is 0 Å². The van der Waals surface area contributed by atoms with Crippen LogP contribution >= 0.6 is 0 Å². The maximum absolute atomic E-state index is 11.4. The molecule has 2 fully saturated rings. The molecule has 2 aliphatic heterocycles. The maximum Gasteiger partial charge on any atom is 0.409 e. The molecule has 2 aliphatic rings. The Labute approximate surface area is 91.2 Å². The first-order valence-corrected chi connectivity index (χ1v) is 5.97. The van der Waals surface area contributed by atoms with Crippen molar-refractivity contribution in [3.8, 4) is 0 Å². The Balaban J connectivity index is 1.73. The molecule has 2 saturated heterocycles. The molecule has 86 valence electrons. The highest BCUT2D eigenvalue weighted by atomic mass is 16.6. The summed E-state index contributed by atoms with van der Waals surface area (Å²) < 4.78 is 4.99. The third kappa shape index (κ3) is 2.43. The lowest BCUT2D eigenvalue weighted by Crippen LogP contribution is -2.51. The van der Waals surface area contributed by atoms with E-state index in [0.29, 0.717) is 12.6 Å². The Morgan fingerprint density at radius 1 is 1.27 bits per heavy atom. The fourth-order valence-corrected chi connectivity index (χ4v) is 2.33. The normalized spacial score (nSPS) is 23.7. The maximum atomic E-state index is 11.4. The number of amides is 1. The summed E-state index contributed by atoms with van der Waals surface area (Å²) in [7, 11) is 0. The van der Waals surface area contributed by atoms with Gasteiger partial charge < -0.3 is 14.5 Å². The number of carbonyl (C=O) groups excluding carboxylic acids is 1. The van der Waals surface area contributed by atoms with Crippen molar-refractivity contribution in [3.05, 3.63) is 0 Å². The Morgan fingerprint density at radius 3 is 2.40 bits per heavy atom. The highest BCUT2D eigenvalue weighted by molar-refractivity contribution is 5.67. The van der Waals surface area contributed by atoms with E-state index in [-0.39, 0.29) is 6.09 Å². The summed E-state index contributed by atoms with van der Waals surface area (Å²) in [4.78, 5) is 15.8. The molecule has 0 N–H and O–H groups in total. The quantitative estimate of drug-likeness (QED) is 0.692. The highest BCUT2D eigenvalue weighted by Gasteiger charge is 2.29. The molecule has 0 spiro atoms. The van der Waals surface area contributed by atoms with Gasteiger partial charge in [-0.25, -0.2) is 4.79 Å². The molecule has 0 aliphatic carbocycles. The summed E-state index contributed by atoms with van der Waals surface area (Å²) in [5.74, 6) is 0. The van der Waals surface area contributed by atoms with Crippen molar-refractivity contribution in [2.45, 2.75) is 32.2 Å². The number of hydrogen-bond donors (Lipinski definition) is 0. The monoisotopic (exact) mass is 212 g/mol. The van der Waals surface area contributed by atoms with Crippen LogP contribution < -0.4 is 0 Å². The van der Waals surface area contributed by atoms with Gasteiger partial charge in [0.2, 0.25) is 0 Å². The first-order valence-electron chi connectivity index (χ1n) is 5.97. The number of piperidine rings is 1. The van der Waals surface area contributed by atoms with Crippen LogP contribution in [-0.2, 0) is 4.74 Å². The van der Waals surface area contributed by atoms with Gasteiger partial charge in [-0.3, -0.25) is 0 Å². The van der Waals surface area contributed by atoms with Crippen molar-refractivity contribution in [2.75, 3.05) is 32.8 Å². The van der Waals surface area contributed by atoms with E-state index < -0.39 is 0 Å². The largest absolute Gasteiger partial charge is 0.450 e. The van der Waals surface area contributed by atoms with Crippen LogP contribution in [0.4, 0.5) is 4.79 Å². The van der Waals surface area contributed by atoms with Gasteiger partial charge in [0, 0.05) is 19.1 Å². The molecule has 0 aromatic carbocycles. The summed E-state index contributed by atoms with van der Waals surface area (Å²) >= 11 is 0. The van der Waals surface area contributed by atoms with Crippen molar-refractivity contribution in [1.29, 1.82) is 0 Å². The van der Waals surface area contributed by atoms with Gasteiger partial charge in [-0.05, 0) is 39.3 Å². The number of rotatable bonds is 2. The van der Waals surface area contributed by atoms with Gasteiger partial charge in [0.05, 0.1) is 6.61 Å². The summed E-state index contributed by atoms with van der Waals surface area (Å²) in [5, 5.41) is 0. The van der Waals surface area contributed by atoms with Crippen LogP contribution in [0.2, 0.25) is 0 Å². The summed E-state index contributed by atoms with van der Waals surface area (Å²) in [6, 6.07) is 0.712. The van der Waals surface area contributed by atoms with Crippen molar-refractivity contribution in [2.24, 2.45) is 0 Å². The van der Waals surface area contributed by atoms with Gasteiger partial charge in [-0.2, -0.15) is 0 Å². The minimum absolute atomic E-state index is 0.139. The van der Waals surface area contributed by atoms with E-state index in [9.17, 15) is 4.79 Å². The molecule has 4 nitrogen and oxygen atoms in total. The average molecular weight is 212 g/mol. The fraction of sp³-hybridized carbons (Fsp3) is 0.909. The first kappa shape index (κ1) is 10.7. The molecule has 2 heterocycles. The standard InChI is InChI=1S/C11H20N2O2/c1-2-15-11(14)13-8-4-10(5-9-13)12-6-3-7-12/h10H,2-9H2,1H3. The zero-order valence-corrected chi connectivity index (χ0v) is 9.45. The van der Waals surface area contributed by atoms with Crippen molar-refractivity contribution < 1.29 is 9.53 Å². The van der Waals surface area contributed by atoms with Crippen LogP contribution in [0.5, 0.6) is 0 Å². The van der Waals surface area contributed by atoms with Crippen LogP contribution in [0.1, 0.15) is 26.2 Å². The number of carbonyl (C=O) groups is 1. The van der Waals surface area contributed by atoms with E-state index in [1.807, 2.05) is 11.8 Å². The minimum Gasteiger partial charge on any atom is -0.450 e. The number of likely N-dealkylation sites (tertiary alicyclic amines) is 2. The van der Waals surface area contributed by atoms with E-state index >= 15 is 0 Å². The SMILES string of the molecule is CCOC(=O)N1CCC(N2CCC2)CC1. The second-order valence-corrected chi connectivity index (χ2v) is 4.31. The van der Waals surface area contributed by atoms with Gasteiger partial charge in [0.15, 0.2) is 0 Å². The van der Waals surface area contributed by atoms with Crippen LogP contribution in [0.3, 0.4) is 0 Å². The molecule has 15 heavy (non-hydrogen) atoms. The van der Waals surface area contributed by atoms with Gasteiger partial charge in [-0.1, -0.05) is 0 Å². The van der Waals surface area contributed by atoms with Gasteiger partial charge >= 0.3 is 6.09 Å². The number of ether oxygens (including phenoxy) is 1. The molecule has 0 unspecified atom stereocenters. The Bertz CT molecular complexity index is 221. The molecular formula is C11H20N2O2. The Morgan fingerprint density at radius 2 is 1.93 bits per heavy atom. The molecule has 0 atom stereocenters. The summed E-state index contributed by atoms with van der Waals surface area (Å²) in [5.41, 5.74) is 0. The van der Waals surface area contributed by atoms with Gasteiger partial charge in [0.1, 0.15) is 0 Å². The molecule has 0 saturated carbocycles. The second kappa shape index (κ2) is 4.84. The lowest BCUT2D eigenvalue weighted by molar-refractivity contribution is 0.0520. The van der Waals surface area contributed by atoms with Crippen LogP contribution in [0, 0.1) is 0 Å². The van der Waals surface area contributed by atoms with E-state index in [2.05, 4.69) is 4.90 Å². The predicted molar refractivity (Wildman–Crippen MR) is 57.8 cm³/mol. The zero-order chi connectivity index (χ0) is 10.7. The summed E-state index contributed by atoms with van der Waals surface area (Å²) in [6.07, 6.45) is 3.43. The highest BCUT2D eigenvalue weighted by Crippen LogP contribution is 2.21. The van der Waals surface area contributed by atoms with Crippen LogP contribution in [-0.4, -0.2) is 54.7 Å². The number of hydrogen-bond acceptors (Lipinski definition) is 3. The topological polar surface area (TPSA) is 32.8 Å².